The number of carbonyl (C=O) groups is 1. The van der Waals surface area contributed by atoms with Gasteiger partial charge in [0.2, 0.25) is 0 Å². The molecule has 0 fully saturated rings. The molecular weight excluding hydrogens is 256 g/mol. The maximum Gasteiger partial charge on any atom is 0.354 e. The molecule has 3 rings (SSSR count). The van der Waals surface area contributed by atoms with E-state index in [9.17, 15) is 4.79 Å². The number of carboxylic acid groups (broad SMARTS) is 1. The molecule has 96 valence electrons. The Balaban J connectivity index is 2.20. The van der Waals surface area contributed by atoms with Crippen LogP contribution in [0.2, 0.25) is 0 Å². The fourth-order valence-corrected chi connectivity index (χ4v) is 2.04. The minimum absolute atomic E-state index is 0.0270. The van der Waals surface area contributed by atoms with Crippen LogP contribution in [0.15, 0.2) is 47.2 Å². The first-order chi connectivity index (χ1) is 9.69. The van der Waals surface area contributed by atoms with Gasteiger partial charge in [-0.1, -0.05) is 6.07 Å². The Morgan fingerprint density at radius 2 is 2.15 bits per heavy atom. The number of aromatic carboxylic acids is 1. The van der Waals surface area contributed by atoms with Crippen LogP contribution in [-0.4, -0.2) is 16.1 Å². The Hall–Kier alpha value is -3.13. The highest BCUT2D eigenvalue weighted by molar-refractivity contribution is 5.94. The Labute approximate surface area is 113 Å². The van der Waals surface area contributed by atoms with Gasteiger partial charge in [0.1, 0.15) is 11.3 Å². The van der Waals surface area contributed by atoms with Crippen molar-refractivity contribution in [3.8, 4) is 17.2 Å². The lowest BCUT2D eigenvalue weighted by atomic mass is 10.0. The van der Waals surface area contributed by atoms with E-state index in [1.54, 1.807) is 30.5 Å². The molecule has 0 bridgehead atoms. The largest absolute Gasteiger partial charge is 0.477 e. The lowest BCUT2D eigenvalue weighted by Gasteiger charge is -2.04. The Bertz CT molecular complexity index is 842. The normalized spacial score (nSPS) is 10.3. The van der Waals surface area contributed by atoms with Crippen LogP contribution in [0.4, 0.5) is 0 Å². The molecule has 0 saturated heterocycles. The molecule has 3 aromatic rings. The van der Waals surface area contributed by atoms with Crippen LogP contribution < -0.4 is 0 Å². The number of carboxylic acids is 1. The summed E-state index contributed by atoms with van der Waals surface area (Å²) >= 11 is 0. The van der Waals surface area contributed by atoms with Crippen molar-refractivity contribution in [1.29, 1.82) is 5.26 Å². The zero-order valence-corrected chi connectivity index (χ0v) is 10.2. The first-order valence-electron chi connectivity index (χ1n) is 5.80. The van der Waals surface area contributed by atoms with Crippen LogP contribution in [0.25, 0.3) is 22.1 Å². The molecule has 0 unspecified atom stereocenters. The Kier molecular flexibility index (Phi) is 2.70. The highest BCUT2D eigenvalue weighted by Gasteiger charge is 2.11. The topological polar surface area (TPSA) is 87.1 Å². The first kappa shape index (κ1) is 11.9. The molecule has 0 radical (unpaired) electrons. The first-order valence-corrected chi connectivity index (χ1v) is 5.80. The van der Waals surface area contributed by atoms with E-state index in [0.717, 1.165) is 5.39 Å². The molecule has 0 atom stereocenters. The van der Waals surface area contributed by atoms with Gasteiger partial charge in [-0.05, 0) is 24.3 Å². The molecule has 1 N–H and O–H groups in total. The quantitative estimate of drug-likeness (QED) is 0.768. The van der Waals surface area contributed by atoms with Crippen molar-refractivity contribution in [2.45, 2.75) is 0 Å². The number of nitriles is 1. The standard InChI is InChI=1S/C15H8N2O3/c16-7-9-5-10-3-4-20-14(10)12(6-9)11-1-2-13(15(18)19)17-8-11/h1-6,8H,(H,18,19). The highest BCUT2D eigenvalue weighted by atomic mass is 16.4. The lowest BCUT2D eigenvalue weighted by Crippen LogP contribution is -1.99. The molecule has 0 aliphatic heterocycles. The zero-order valence-electron chi connectivity index (χ0n) is 10.2. The summed E-state index contributed by atoms with van der Waals surface area (Å²) in [6, 6.07) is 10.4. The second-order valence-electron chi connectivity index (χ2n) is 4.21. The number of hydrogen-bond acceptors (Lipinski definition) is 4. The SMILES string of the molecule is N#Cc1cc(-c2ccc(C(=O)O)nc2)c2occc2c1. The Morgan fingerprint density at radius 1 is 1.30 bits per heavy atom. The molecule has 5 heteroatoms. The summed E-state index contributed by atoms with van der Waals surface area (Å²) in [7, 11) is 0. The molecule has 2 heterocycles. The van der Waals surface area contributed by atoms with Crippen molar-refractivity contribution in [3.05, 3.63) is 54.0 Å². The minimum atomic E-state index is -1.08. The molecule has 5 nitrogen and oxygen atoms in total. The second-order valence-corrected chi connectivity index (χ2v) is 4.21. The van der Waals surface area contributed by atoms with Gasteiger partial charge in [-0.2, -0.15) is 5.26 Å². The number of rotatable bonds is 2. The summed E-state index contributed by atoms with van der Waals surface area (Å²) in [4.78, 5) is 14.7. The highest BCUT2D eigenvalue weighted by Crippen LogP contribution is 2.30. The van der Waals surface area contributed by atoms with Gasteiger partial charge in [0.25, 0.3) is 0 Å². The fourth-order valence-electron chi connectivity index (χ4n) is 2.04. The summed E-state index contributed by atoms with van der Waals surface area (Å²) in [5.41, 5.74) is 2.55. The lowest BCUT2D eigenvalue weighted by molar-refractivity contribution is 0.0690. The molecule has 1 aromatic carbocycles. The average molecular weight is 264 g/mol. The number of aromatic nitrogens is 1. The summed E-state index contributed by atoms with van der Waals surface area (Å²) in [5, 5.41) is 18.7. The van der Waals surface area contributed by atoms with Crippen LogP contribution in [0, 0.1) is 11.3 Å². The van der Waals surface area contributed by atoms with Crippen LogP contribution in [-0.2, 0) is 0 Å². The third-order valence-corrected chi connectivity index (χ3v) is 2.97. The number of pyridine rings is 1. The average Bonchev–Trinajstić information content (AvgIpc) is 2.94. The smallest absolute Gasteiger partial charge is 0.354 e. The van der Waals surface area contributed by atoms with Crippen molar-refractivity contribution >= 4 is 16.9 Å². The van der Waals surface area contributed by atoms with Crippen molar-refractivity contribution < 1.29 is 14.3 Å². The van der Waals surface area contributed by atoms with Crippen LogP contribution in [0.1, 0.15) is 16.1 Å². The van der Waals surface area contributed by atoms with E-state index in [1.165, 1.54) is 12.3 Å². The summed E-state index contributed by atoms with van der Waals surface area (Å²) in [6.45, 7) is 0. The molecule has 0 spiro atoms. The molecule has 0 aliphatic rings. The van der Waals surface area contributed by atoms with Crippen molar-refractivity contribution in [3.63, 3.8) is 0 Å². The van der Waals surface area contributed by atoms with Crippen molar-refractivity contribution in [2.24, 2.45) is 0 Å². The monoisotopic (exact) mass is 264 g/mol. The number of fused-ring (bicyclic) bond motifs is 1. The maximum absolute atomic E-state index is 10.8. The van der Waals surface area contributed by atoms with Crippen LogP contribution in [0.5, 0.6) is 0 Å². The van der Waals surface area contributed by atoms with E-state index in [1.807, 2.05) is 0 Å². The fraction of sp³-hybridized carbons (Fsp3) is 0. The van der Waals surface area contributed by atoms with Gasteiger partial charge in [0, 0.05) is 22.7 Å². The third-order valence-electron chi connectivity index (χ3n) is 2.97. The van der Waals surface area contributed by atoms with E-state index in [4.69, 9.17) is 14.8 Å². The predicted octanol–water partition coefficient (Wildman–Crippen LogP) is 3.06. The summed E-state index contributed by atoms with van der Waals surface area (Å²) in [6.07, 6.45) is 3.01. The number of furan rings is 1. The Morgan fingerprint density at radius 3 is 2.80 bits per heavy atom. The van der Waals surface area contributed by atoms with Gasteiger partial charge >= 0.3 is 5.97 Å². The number of nitrogens with zero attached hydrogens (tertiary/aromatic N) is 2. The van der Waals surface area contributed by atoms with E-state index in [0.29, 0.717) is 22.3 Å². The minimum Gasteiger partial charge on any atom is -0.477 e. The van der Waals surface area contributed by atoms with Gasteiger partial charge in [0.05, 0.1) is 17.9 Å². The van der Waals surface area contributed by atoms with Gasteiger partial charge in [0.15, 0.2) is 0 Å². The van der Waals surface area contributed by atoms with Gasteiger partial charge in [-0.3, -0.25) is 0 Å². The van der Waals surface area contributed by atoms with Gasteiger partial charge in [-0.15, -0.1) is 0 Å². The molecule has 0 aliphatic carbocycles. The molecule has 0 amide bonds. The van der Waals surface area contributed by atoms with E-state index in [-0.39, 0.29) is 5.69 Å². The summed E-state index contributed by atoms with van der Waals surface area (Å²) < 4.78 is 5.43. The predicted molar refractivity (Wildman–Crippen MR) is 71.1 cm³/mol. The van der Waals surface area contributed by atoms with E-state index >= 15 is 0 Å². The van der Waals surface area contributed by atoms with Crippen molar-refractivity contribution in [1.82, 2.24) is 4.98 Å². The second kappa shape index (κ2) is 4.52. The molecule has 20 heavy (non-hydrogen) atoms. The van der Waals surface area contributed by atoms with Crippen molar-refractivity contribution in [2.75, 3.05) is 0 Å². The number of hydrogen-bond donors (Lipinski definition) is 1. The van der Waals surface area contributed by atoms with Gasteiger partial charge < -0.3 is 9.52 Å². The van der Waals surface area contributed by atoms with Crippen LogP contribution >= 0.6 is 0 Å². The summed E-state index contributed by atoms with van der Waals surface area (Å²) in [5.74, 6) is -1.08. The molecule has 2 aromatic heterocycles. The van der Waals surface area contributed by atoms with Gasteiger partial charge in [-0.25, -0.2) is 9.78 Å². The number of benzene rings is 1. The van der Waals surface area contributed by atoms with E-state index < -0.39 is 5.97 Å². The zero-order chi connectivity index (χ0) is 14.1. The molecular formula is C15H8N2O3. The van der Waals surface area contributed by atoms with Crippen LogP contribution in [0.3, 0.4) is 0 Å². The maximum atomic E-state index is 10.8. The third kappa shape index (κ3) is 1.89. The van der Waals surface area contributed by atoms with E-state index in [2.05, 4.69) is 11.1 Å². The molecule has 0 saturated carbocycles.